The monoisotopic (exact) mass is 577 g/mol. The molecule has 0 bridgehead atoms. The summed E-state index contributed by atoms with van der Waals surface area (Å²) in [4.78, 5) is 35.4. The average molecular weight is 578 g/mol. The van der Waals surface area contributed by atoms with Crippen LogP contribution in [0.2, 0.25) is 0 Å². The van der Waals surface area contributed by atoms with Gasteiger partial charge in [0.05, 0.1) is 36.8 Å². The number of anilines is 3. The van der Waals surface area contributed by atoms with Gasteiger partial charge in [-0.05, 0) is 63.4 Å². The fourth-order valence-electron chi connectivity index (χ4n) is 5.04. The number of likely N-dealkylation sites (tertiary alicyclic amines) is 1. The lowest BCUT2D eigenvalue weighted by molar-refractivity contribution is -0.138. The molecule has 1 amide bonds. The van der Waals surface area contributed by atoms with E-state index in [1.165, 1.54) is 17.9 Å². The maximum atomic E-state index is 12.9. The number of halogens is 3. The Morgan fingerprint density at radius 3 is 2.51 bits per heavy atom. The van der Waals surface area contributed by atoms with E-state index in [0.717, 1.165) is 18.4 Å². The largest absolute Gasteiger partial charge is 0.495 e. The van der Waals surface area contributed by atoms with E-state index in [4.69, 9.17) is 16.2 Å². The predicted molar refractivity (Wildman–Crippen MR) is 148 cm³/mol. The Hall–Kier alpha value is -3.91. The highest BCUT2D eigenvalue weighted by Gasteiger charge is 2.30. The van der Waals surface area contributed by atoms with Crippen molar-refractivity contribution < 1.29 is 27.8 Å². The Kier molecular flexibility index (Phi) is 8.45. The molecule has 1 aliphatic rings. The van der Waals surface area contributed by atoms with E-state index < -0.39 is 35.1 Å². The first-order chi connectivity index (χ1) is 19.2. The highest BCUT2D eigenvalue weighted by molar-refractivity contribution is 6.00. The molecular weight excluding hydrogens is 543 g/mol. The van der Waals surface area contributed by atoms with E-state index in [1.807, 2.05) is 17.0 Å². The van der Waals surface area contributed by atoms with Crippen molar-refractivity contribution in [3.05, 3.63) is 45.7 Å². The lowest BCUT2D eigenvalue weighted by Crippen LogP contribution is -2.35. The zero-order chi connectivity index (χ0) is 30.1. The summed E-state index contributed by atoms with van der Waals surface area (Å²) >= 11 is 0. The molecule has 0 aliphatic carbocycles. The molecule has 0 spiro atoms. The molecule has 2 aromatic heterocycles. The van der Waals surface area contributed by atoms with Gasteiger partial charge in [-0.15, -0.1) is 0 Å². The number of rotatable bonds is 9. The van der Waals surface area contributed by atoms with E-state index >= 15 is 0 Å². The second-order valence-corrected chi connectivity index (χ2v) is 10.8. The number of nitrogen functional groups attached to an aromatic ring is 1. The quantitative estimate of drug-likeness (QED) is 0.299. The van der Waals surface area contributed by atoms with Crippen molar-refractivity contribution in [1.82, 2.24) is 19.4 Å². The van der Waals surface area contributed by atoms with Crippen molar-refractivity contribution in [3.63, 3.8) is 0 Å². The Labute approximate surface area is 234 Å². The minimum Gasteiger partial charge on any atom is -0.495 e. The van der Waals surface area contributed by atoms with Crippen LogP contribution in [0.4, 0.5) is 30.6 Å². The molecule has 3 aromatic rings. The molecule has 6 N–H and O–H groups in total. The molecule has 11 nitrogen and oxygen atoms in total. The molecule has 0 unspecified atom stereocenters. The van der Waals surface area contributed by atoms with Crippen LogP contribution < -0.4 is 26.9 Å². The summed E-state index contributed by atoms with van der Waals surface area (Å²) in [5, 5.41) is 13.5. The van der Waals surface area contributed by atoms with Crippen LogP contribution in [-0.4, -0.2) is 69.0 Å². The fraction of sp³-hybridized carbons (Fsp3) is 0.481. The Bertz CT molecular complexity index is 1490. The summed E-state index contributed by atoms with van der Waals surface area (Å²) in [7, 11) is 1.51. The lowest BCUT2D eigenvalue weighted by Gasteiger charge is -2.32. The number of fused-ring (bicyclic) bond motifs is 1. The molecule has 0 radical (unpaired) electrons. The van der Waals surface area contributed by atoms with Crippen LogP contribution in [0, 0.1) is 0 Å². The van der Waals surface area contributed by atoms with Crippen molar-refractivity contribution in [2.24, 2.45) is 5.73 Å². The number of amides is 1. The fourth-order valence-corrected chi connectivity index (χ4v) is 5.04. The van der Waals surface area contributed by atoms with Crippen LogP contribution in [0.1, 0.15) is 54.9 Å². The third-order valence-corrected chi connectivity index (χ3v) is 7.08. The van der Waals surface area contributed by atoms with E-state index in [2.05, 4.69) is 15.3 Å². The Morgan fingerprint density at radius 1 is 1.24 bits per heavy atom. The molecule has 0 atom stereocenters. The number of hydrogen-bond donors (Lipinski definition) is 4. The maximum absolute atomic E-state index is 12.9. The molecule has 1 aromatic carbocycles. The average Bonchev–Trinajstić information content (AvgIpc) is 2.89. The normalized spacial score (nSPS) is 15.3. The van der Waals surface area contributed by atoms with E-state index in [0.29, 0.717) is 24.5 Å². The standard InChI is InChI=1S/C27H34F3N7O4/c1-26(2,40)14-37-22(31)20(23(32)39)21(38)17-13-33-25(35-24(17)37)34-18-5-4-16(12-19(18)41-3)15-6-9-36(10-7-15)11-8-27(28,29)30/h4-5,12-13,15,40H,6-11,14,31H2,1-3H3,(H2,32,39)(H,33,34,35). The van der Waals surface area contributed by atoms with Crippen LogP contribution in [0.25, 0.3) is 11.0 Å². The van der Waals surface area contributed by atoms with Crippen LogP contribution >= 0.6 is 0 Å². The van der Waals surface area contributed by atoms with Crippen LogP contribution in [0.15, 0.2) is 29.2 Å². The number of nitrogens with one attached hydrogen (secondary N) is 1. The van der Waals surface area contributed by atoms with Gasteiger partial charge in [-0.1, -0.05) is 6.07 Å². The first kappa shape index (κ1) is 30.1. The first-order valence-corrected chi connectivity index (χ1v) is 13.1. The zero-order valence-corrected chi connectivity index (χ0v) is 23.1. The number of nitrogens with zero attached hydrogens (tertiary/aromatic N) is 4. The maximum Gasteiger partial charge on any atom is 0.390 e. The van der Waals surface area contributed by atoms with E-state index in [1.54, 1.807) is 19.9 Å². The Morgan fingerprint density at radius 2 is 1.93 bits per heavy atom. The molecule has 222 valence electrons. The number of ether oxygens (including phenoxy) is 1. The summed E-state index contributed by atoms with van der Waals surface area (Å²) in [6.45, 7) is 4.17. The van der Waals surface area contributed by atoms with Gasteiger partial charge in [0.2, 0.25) is 11.4 Å². The summed E-state index contributed by atoms with van der Waals surface area (Å²) in [5.41, 5.74) is 10.8. The van der Waals surface area contributed by atoms with Crippen LogP contribution in [-0.2, 0) is 6.54 Å². The number of primary amides is 1. The minimum atomic E-state index is -4.16. The second-order valence-electron chi connectivity index (χ2n) is 10.8. The number of pyridine rings is 1. The molecule has 1 fully saturated rings. The number of piperidine rings is 1. The van der Waals surface area contributed by atoms with Gasteiger partial charge in [0.1, 0.15) is 17.1 Å². The highest BCUT2D eigenvalue weighted by Crippen LogP contribution is 2.35. The lowest BCUT2D eigenvalue weighted by atomic mass is 9.89. The molecule has 1 aliphatic heterocycles. The molecule has 3 heterocycles. The van der Waals surface area contributed by atoms with Crippen molar-refractivity contribution >= 4 is 34.4 Å². The summed E-state index contributed by atoms with van der Waals surface area (Å²) in [6.07, 6.45) is -2.25. The van der Waals surface area contributed by atoms with Gasteiger partial charge in [0.25, 0.3) is 5.91 Å². The van der Waals surface area contributed by atoms with Crippen molar-refractivity contribution in [2.45, 2.75) is 57.3 Å². The minimum absolute atomic E-state index is 0.00619. The van der Waals surface area contributed by atoms with Crippen LogP contribution in [0.3, 0.4) is 0 Å². The van der Waals surface area contributed by atoms with Gasteiger partial charge in [-0.3, -0.25) is 9.59 Å². The number of aliphatic hydroxyl groups is 1. The van der Waals surface area contributed by atoms with Gasteiger partial charge in [-0.25, -0.2) is 4.98 Å². The highest BCUT2D eigenvalue weighted by atomic mass is 19.4. The van der Waals surface area contributed by atoms with Crippen molar-refractivity contribution in [2.75, 3.05) is 37.8 Å². The molecule has 1 saturated heterocycles. The molecule has 4 rings (SSSR count). The number of carbonyl (C=O) groups excluding carboxylic acids is 1. The molecule has 41 heavy (non-hydrogen) atoms. The summed E-state index contributed by atoms with van der Waals surface area (Å²) in [5.74, 6) is -0.429. The van der Waals surface area contributed by atoms with Crippen LogP contribution in [0.5, 0.6) is 5.75 Å². The zero-order valence-electron chi connectivity index (χ0n) is 23.1. The summed E-state index contributed by atoms with van der Waals surface area (Å²) in [6, 6.07) is 5.59. The predicted octanol–water partition coefficient (Wildman–Crippen LogP) is 3.13. The number of aromatic nitrogens is 3. The molecule has 0 saturated carbocycles. The third kappa shape index (κ3) is 7.06. The van der Waals surface area contributed by atoms with Crippen molar-refractivity contribution in [3.8, 4) is 5.75 Å². The third-order valence-electron chi connectivity index (χ3n) is 7.08. The number of methoxy groups -OCH3 is 1. The smallest absolute Gasteiger partial charge is 0.390 e. The van der Waals surface area contributed by atoms with Gasteiger partial charge >= 0.3 is 6.18 Å². The number of nitrogens with two attached hydrogens (primary N) is 2. The number of carbonyl (C=O) groups is 1. The number of hydrogen-bond acceptors (Lipinski definition) is 9. The molecule has 14 heteroatoms. The van der Waals surface area contributed by atoms with Crippen molar-refractivity contribution in [1.29, 1.82) is 0 Å². The number of benzene rings is 1. The first-order valence-electron chi connectivity index (χ1n) is 13.1. The van der Waals surface area contributed by atoms with Gasteiger partial charge in [0, 0.05) is 12.7 Å². The van der Waals surface area contributed by atoms with E-state index in [9.17, 15) is 27.9 Å². The van der Waals surface area contributed by atoms with E-state index in [-0.39, 0.29) is 41.8 Å². The Balaban J connectivity index is 1.59. The van der Waals surface area contributed by atoms with Gasteiger partial charge in [-0.2, -0.15) is 18.2 Å². The molecular formula is C27H34F3N7O4. The number of alkyl halides is 3. The van der Waals surface area contributed by atoms with Gasteiger partial charge < -0.3 is 36.1 Å². The summed E-state index contributed by atoms with van der Waals surface area (Å²) < 4.78 is 44.6. The second kappa shape index (κ2) is 11.5. The van der Waals surface area contributed by atoms with Gasteiger partial charge in [0.15, 0.2) is 5.65 Å². The SMILES string of the molecule is COc1cc(C2CCN(CCC(F)(F)F)CC2)ccc1Nc1ncc2c(=O)c(C(N)=O)c(N)n(CC(C)(C)O)c2n1. The topological polar surface area (TPSA) is 162 Å².